The molecule has 1 N–H and O–H groups in total. The molecule has 1 aliphatic heterocycles. The molecule has 1 saturated heterocycles. The number of hydrogen-bond acceptors (Lipinski definition) is 4. The Morgan fingerprint density at radius 1 is 1.12 bits per heavy atom. The molecule has 1 aromatic heterocycles. The van der Waals surface area contributed by atoms with E-state index in [9.17, 15) is 22.8 Å². The minimum Gasteiger partial charge on any atom is -0.346 e. The Balaban J connectivity index is 1.34. The van der Waals surface area contributed by atoms with E-state index in [0.717, 1.165) is 17.1 Å². The molecule has 0 bridgehead atoms. The van der Waals surface area contributed by atoms with Crippen molar-refractivity contribution in [3.05, 3.63) is 86.1 Å². The van der Waals surface area contributed by atoms with E-state index in [0.29, 0.717) is 25.9 Å². The third kappa shape index (κ3) is 5.20. The molecule has 0 unspecified atom stereocenters. The highest BCUT2D eigenvalue weighted by atomic mass is 35.5. The minimum atomic E-state index is -0.729. The topological polar surface area (TPSA) is 62.3 Å². The first kappa shape index (κ1) is 23.3. The Morgan fingerprint density at radius 3 is 2.58 bits per heavy atom. The van der Waals surface area contributed by atoms with Gasteiger partial charge in [0.15, 0.2) is 0 Å². The van der Waals surface area contributed by atoms with Crippen molar-refractivity contribution in [3.8, 4) is 0 Å². The first-order valence-electron chi connectivity index (χ1n) is 10.2. The van der Waals surface area contributed by atoms with E-state index < -0.39 is 29.3 Å². The number of amides is 2. The average molecular weight is 494 g/mol. The number of nitrogens with zero attached hydrogens (tertiary/aromatic N) is 2. The summed E-state index contributed by atoms with van der Waals surface area (Å²) in [6, 6.07) is 7.31. The van der Waals surface area contributed by atoms with Crippen LogP contribution >= 0.6 is 22.9 Å². The monoisotopic (exact) mass is 493 g/mol. The predicted molar refractivity (Wildman–Crippen MR) is 119 cm³/mol. The van der Waals surface area contributed by atoms with Crippen LogP contribution in [0.25, 0.3) is 0 Å². The van der Waals surface area contributed by atoms with Gasteiger partial charge in [-0.15, -0.1) is 11.3 Å². The summed E-state index contributed by atoms with van der Waals surface area (Å²) in [5.41, 5.74) is 0.268. The molecule has 0 spiro atoms. The number of thiazole rings is 1. The number of rotatable bonds is 5. The Labute approximate surface area is 197 Å². The molecular weight excluding hydrogens is 475 g/mol. The summed E-state index contributed by atoms with van der Waals surface area (Å²) < 4.78 is 40.8. The second kappa shape index (κ2) is 9.93. The maximum atomic E-state index is 14.1. The normalized spacial score (nSPS) is 14.4. The number of likely N-dealkylation sites (tertiary alicyclic amines) is 1. The second-order valence-electron chi connectivity index (χ2n) is 7.65. The Kier molecular flexibility index (Phi) is 6.99. The van der Waals surface area contributed by atoms with E-state index >= 15 is 0 Å². The Bertz CT molecular complexity index is 1180. The summed E-state index contributed by atoms with van der Waals surface area (Å²) >= 11 is 7.35. The van der Waals surface area contributed by atoms with Crippen LogP contribution in [0.5, 0.6) is 0 Å². The van der Waals surface area contributed by atoms with Gasteiger partial charge in [0.25, 0.3) is 11.8 Å². The van der Waals surface area contributed by atoms with Crippen molar-refractivity contribution in [1.82, 2.24) is 15.2 Å². The predicted octanol–water partition coefficient (Wildman–Crippen LogP) is 5.16. The smallest absolute Gasteiger partial charge is 0.271 e. The van der Waals surface area contributed by atoms with Crippen molar-refractivity contribution < 1.29 is 22.8 Å². The fraction of sp³-hybridized carbons (Fsp3) is 0.261. The van der Waals surface area contributed by atoms with Crippen LogP contribution in [0.3, 0.4) is 0 Å². The van der Waals surface area contributed by atoms with E-state index in [4.69, 9.17) is 11.6 Å². The van der Waals surface area contributed by atoms with Gasteiger partial charge in [0.2, 0.25) is 0 Å². The molecule has 172 valence electrons. The van der Waals surface area contributed by atoms with E-state index in [2.05, 4.69) is 10.3 Å². The second-order valence-corrected chi connectivity index (χ2v) is 8.95. The van der Waals surface area contributed by atoms with Crippen molar-refractivity contribution in [2.75, 3.05) is 13.1 Å². The van der Waals surface area contributed by atoms with E-state index in [1.165, 1.54) is 35.6 Å². The van der Waals surface area contributed by atoms with Crippen LogP contribution in [0.15, 0.2) is 41.8 Å². The standard InChI is InChI=1S/C23H19ClF3N3O2S/c24-16-2-1-3-17(26)20(16)23(32)30-8-6-13(7-9-30)22-29-19(12-33-22)21(31)28-11-14-4-5-15(25)10-18(14)27/h1-5,10,12-13H,6-9,11H2,(H,28,31). The molecule has 0 radical (unpaired) electrons. The van der Waals surface area contributed by atoms with Crippen molar-refractivity contribution in [3.63, 3.8) is 0 Å². The zero-order chi connectivity index (χ0) is 23.5. The fourth-order valence-electron chi connectivity index (χ4n) is 3.70. The third-order valence-electron chi connectivity index (χ3n) is 5.52. The zero-order valence-electron chi connectivity index (χ0n) is 17.3. The largest absolute Gasteiger partial charge is 0.346 e. The molecule has 0 saturated carbocycles. The summed E-state index contributed by atoms with van der Waals surface area (Å²) in [5.74, 6) is -2.90. The van der Waals surface area contributed by atoms with Gasteiger partial charge < -0.3 is 10.2 Å². The van der Waals surface area contributed by atoms with Gasteiger partial charge in [0.05, 0.1) is 15.6 Å². The third-order valence-corrected chi connectivity index (χ3v) is 6.84. The Morgan fingerprint density at radius 2 is 1.88 bits per heavy atom. The number of hydrogen-bond donors (Lipinski definition) is 1. The summed E-state index contributed by atoms with van der Waals surface area (Å²) in [7, 11) is 0. The maximum Gasteiger partial charge on any atom is 0.271 e. The lowest BCUT2D eigenvalue weighted by molar-refractivity contribution is 0.0708. The summed E-state index contributed by atoms with van der Waals surface area (Å²) in [6.45, 7) is 0.745. The quantitative estimate of drug-likeness (QED) is 0.534. The number of piperidine rings is 1. The van der Waals surface area contributed by atoms with Crippen LogP contribution in [-0.4, -0.2) is 34.8 Å². The van der Waals surface area contributed by atoms with E-state index in [1.807, 2.05) is 0 Å². The first-order chi connectivity index (χ1) is 15.8. The average Bonchev–Trinajstić information content (AvgIpc) is 3.29. The van der Waals surface area contributed by atoms with Gasteiger partial charge in [0.1, 0.15) is 23.1 Å². The molecule has 0 atom stereocenters. The van der Waals surface area contributed by atoms with Crippen LogP contribution in [0.1, 0.15) is 50.2 Å². The lowest BCUT2D eigenvalue weighted by Gasteiger charge is -2.31. The van der Waals surface area contributed by atoms with Crippen LogP contribution < -0.4 is 5.32 Å². The van der Waals surface area contributed by atoms with E-state index in [1.54, 1.807) is 10.3 Å². The van der Waals surface area contributed by atoms with Crippen molar-refractivity contribution >= 4 is 34.8 Å². The highest BCUT2D eigenvalue weighted by Gasteiger charge is 2.29. The summed E-state index contributed by atoms with van der Waals surface area (Å²) in [5, 5.41) is 5.06. The molecule has 1 aliphatic rings. The number of halogens is 4. The zero-order valence-corrected chi connectivity index (χ0v) is 18.9. The van der Waals surface area contributed by atoms with E-state index in [-0.39, 0.29) is 34.3 Å². The molecule has 0 aliphatic carbocycles. The molecule has 5 nitrogen and oxygen atoms in total. The molecule has 10 heteroatoms. The van der Waals surface area contributed by atoms with Gasteiger partial charge in [-0.2, -0.15) is 0 Å². The molecule has 2 amide bonds. The molecule has 2 aromatic carbocycles. The lowest BCUT2D eigenvalue weighted by atomic mass is 9.97. The van der Waals surface area contributed by atoms with Crippen LogP contribution in [-0.2, 0) is 6.54 Å². The maximum absolute atomic E-state index is 14.1. The molecule has 3 aromatic rings. The van der Waals surface area contributed by atoms with Gasteiger partial charge in [-0.1, -0.05) is 23.7 Å². The first-order valence-corrected chi connectivity index (χ1v) is 11.5. The number of aromatic nitrogens is 1. The highest BCUT2D eigenvalue weighted by Crippen LogP contribution is 2.32. The lowest BCUT2D eigenvalue weighted by Crippen LogP contribution is -2.38. The Hall–Kier alpha value is -2.91. The summed E-state index contributed by atoms with van der Waals surface area (Å²) in [6.07, 6.45) is 1.24. The molecule has 1 fully saturated rings. The molecular formula is C23H19ClF3N3O2S. The minimum absolute atomic E-state index is 0.0613. The van der Waals surface area contributed by atoms with Gasteiger partial charge in [-0.05, 0) is 31.0 Å². The molecule has 33 heavy (non-hydrogen) atoms. The fourth-order valence-corrected chi connectivity index (χ4v) is 4.92. The van der Waals surface area contributed by atoms with Crippen molar-refractivity contribution in [2.45, 2.75) is 25.3 Å². The van der Waals surface area contributed by atoms with Crippen molar-refractivity contribution in [1.29, 1.82) is 0 Å². The summed E-state index contributed by atoms with van der Waals surface area (Å²) in [4.78, 5) is 31.1. The number of nitrogens with one attached hydrogen (secondary N) is 1. The molecule has 4 rings (SSSR count). The van der Waals surface area contributed by atoms with Gasteiger partial charge >= 0.3 is 0 Å². The van der Waals surface area contributed by atoms with Crippen molar-refractivity contribution in [2.24, 2.45) is 0 Å². The molecule has 2 heterocycles. The number of benzene rings is 2. The van der Waals surface area contributed by atoms with Gasteiger partial charge in [-0.3, -0.25) is 9.59 Å². The van der Waals surface area contributed by atoms with Crippen LogP contribution in [0.2, 0.25) is 5.02 Å². The number of carbonyl (C=O) groups excluding carboxylic acids is 2. The van der Waals surface area contributed by atoms with Crippen LogP contribution in [0.4, 0.5) is 13.2 Å². The van der Waals surface area contributed by atoms with Gasteiger partial charge in [0, 0.05) is 42.6 Å². The SMILES string of the molecule is O=C(NCc1ccc(F)cc1F)c1csc(C2CCN(C(=O)c3c(F)cccc3Cl)CC2)n1. The number of carbonyl (C=O) groups is 2. The van der Waals surface area contributed by atoms with Gasteiger partial charge in [-0.25, -0.2) is 18.2 Å². The highest BCUT2D eigenvalue weighted by molar-refractivity contribution is 7.09. The van der Waals surface area contributed by atoms with Crippen LogP contribution in [0, 0.1) is 17.5 Å².